The first kappa shape index (κ1) is 22.1. The summed E-state index contributed by atoms with van der Waals surface area (Å²) < 4.78 is 38.9. The Hall–Kier alpha value is -2.58. The summed E-state index contributed by atoms with van der Waals surface area (Å²) in [4.78, 5) is 12.6. The zero-order valence-corrected chi connectivity index (χ0v) is 18.5. The summed E-state index contributed by atoms with van der Waals surface area (Å²) in [6.07, 6.45) is 0.926. The van der Waals surface area contributed by atoms with Crippen molar-refractivity contribution < 1.29 is 22.7 Å². The molecule has 30 heavy (non-hydrogen) atoms. The molecule has 2 aromatic rings. The molecule has 8 heteroatoms. The van der Waals surface area contributed by atoms with Crippen LogP contribution in [0.4, 0.5) is 0 Å². The molecule has 0 unspecified atom stereocenters. The molecule has 162 valence electrons. The molecule has 1 aliphatic rings. The van der Waals surface area contributed by atoms with Gasteiger partial charge in [0, 0.05) is 24.1 Å². The number of nitrogens with one attached hydrogen (secondary N) is 2. The van der Waals surface area contributed by atoms with Crippen LogP contribution in [0.15, 0.2) is 41.3 Å². The highest BCUT2D eigenvalue weighted by molar-refractivity contribution is 7.89. The molecular formula is C22H28N2O5S. The molecule has 0 bridgehead atoms. The lowest BCUT2D eigenvalue weighted by Gasteiger charge is -2.16. The smallest absolute Gasteiger partial charge is 0.241 e. The summed E-state index contributed by atoms with van der Waals surface area (Å²) >= 11 is 0. The molecule has 1 heterocycles. The Balaban J connectivity index is 1.66. The van der Waals surface area contributed by atoms with Crippen molar-refractivity contribution in [3.8, 4) is 11.5 Å². The van der Waals surface area contributed by atoms with Crippen molar-refractivity contribution in [2.45, 2.75) is 57.7 Å². The van der Waals surface area contributed by atoms with E-state index in [1.807, 2.05) is 32.9 Å². The average Bonchev–Trinajstić information content (AvgIpc) is 3.05. The molecule has 7 nitrogen and oxygen atoms in total. The number of fused-ring (bicyclic) bond motifs is 1. The van der Waals surface area contributed by atoms with Crippen LogP contribution in [0.3, 0.4) is 0 Å². The zero-order valence-electron chi connectivity index (χ0n) is 17.7. The van der Waals surface area contributed by atoms with E-state index in [1.54, 1.807) is 12.1 Å². The monoisotopic (exact) mass is 432 g/mol. The zero-order chi connectivity index (χ0) is 21.9. The third kappa shape index (κ3) is 5.12. The molecule has 0 aliphatic carbocycles. The lowest BCUT2D eigenvalue weighted by atomic mass is 10.1. The minimum atomic E-state index is -3.79. The normalized spacial score (nSPS) is 16.5. The highest BCUT2D eigenvalue weighted by Gasteiger charge is 2.24. The quantitative estimate of drug-likeness (QED) is 0.669. The second-order valence-electron chi connectivity index (χ2n) is 7.51. The van der Waals surface area contributed by atoms with Crippen LogP contribution in [0.5, 0.6) is 11.5 Å². The fraction of sp³-hybridized carbons (Fsp3) is 0.409. The topological polar surface area (TPSA) is 93.7 Å². The van der Waals surface area contributed by atoms with E-state index in [0.717, 1.165) is 28.9 Å². The number of aryl methyl sites for hydroxylation is 1. The van der Waals surface area contributed by atoms with Crippen molar-refractivity contribution in [3.05, 3.63) is 53.1 Å². The molecule has 0 saturated carbocycles. The van der Waals surface area contributed by atoms with Gasteiger partial charge in [-0.05, 0) is 52.0 Å². The summed E-state index contributed by atoms with van der Waals surface area (Å²) in [5.74, 6) is 1.06. The molecule has 2 aromatic carbocycles. The number of ether oxygens (including phenoxy) is 2. The minimum absolute atomic E-state index is 0.107. The maximum atomic E-state index is 12.5. The minimum Gasteiger partial charge on any atom is -0.494 e. The first-order chi connectivity index (χ1) is 14.2. The van der Waals surface area contributed by atoms with Gasteiger partial charge in [0.2, 0.25) is 15.9 Å². The summed E-state index contributed by atoms with van der Waals surface area (Å²) in [5.41, 5.74) is 2.82. The fourth-order valence-electron chi connectivity index (χ4n) is 3.32. The Kier molecular flexibility index (Phi) is 6.67. The van der Waals surface area contributed by atoms with Gasteiger partial charge < -0.3 is 14.8 Å². The van der Waals surface area contributed by atoms with E-state index in [2.05, 4.69) is 10.0 Å². The molecule has 3 rings (SSSR count). The Morgan fingerprint density at radius 1 is 1.27 bits per heavy atom. The average molecular weight is 433 g/mol. The van der Waals surface area contributed by atoms with Crippen molar-refractivity contribution in [1.82, 2.24) is 10.0 Å². The van der Waals surface area contributed by atoms with Crippen LogP contribution in [0.25, 0.3) is 0 Å². The van der Waals surface area contributed by atoms with Gasteiger partial charge in [0.1, 0.15) is 17.6 Å². The van der Waals surface area contributed by atoms with Crippen LogP contribution in [-0.2, 0) is 27.8 Å². The Labute approximate surface area is 177 Å². The van der Waals surface area contributed by atoms with Gasteiger partial charge in [0.05, 0.1) is 17.5 Å². The second-order valence-corrected chi connectivity index (χ2v) is 9.22. The van der Waals surface area contributed by atoms with Crippen molar-refractivity contribution in [1.29, 1.82) is 0 Å². The van der Waals surface area contributed by atoms with Crippen LogP contribution < -0.4 is 19.5 Å². The molecule has 1 aliphatic heterocycles. The number of hydrogen-bond acceptors (Lipinski definition) is 5. The molecule has 0 spiro atoms. The second kappa shape index (κ2) is 9.06. The third-order valence-corrected chi connectivity index (χ3v) is 6.45. The summed E-state index contributed by atoms with van der Waals surface area (Å²) in [5, 5.41) is 2.78. The van der Waals surface area contributed by atoms with Gasteiger partial charge in [-0.15, -0.1) is 0 Å². The number of carbonyl (C=O) groups excluding carboxylic acids is 1. The summed E-state index contributed by atoms with van der Waals surface area (Å²) in [7, 11) is -3.79. The summed E-state index contributed by atoms with van der Waals surface area (Å²) in [6, 6.07) is 9.36. The van der Waals surface area contributed by atoms with E-state index in [0.29, 0.717) is 12.4 Å². The van der Waals surface area contributed by atoms with Crippen molar-refractivity contribution >= 4 is 15.9 Å². The number of hydrogen-bond donors (Lipinski definition) is 2. The largest absolute Gasteiger partial charge is 0.494 e. The Bertz CT molecular complexity index is 1020. The van der Waals surface area contributed by atoms with Gasteiger partial charge in [-0.3, -0.25) is 4.79 Å². The van der Waals surface area contributed by atoms with E-state index in [4.69, 9.17) is 9.47 Å². The van der Waals surface area contributed by atoms with Crippen molar-refractivity contribution in [2.75, 3.05) is 6.61 Å². The first-order valence-electron chi connectivity index (χ1n) is 10.0. The SMILES string of the molecule is CCOc1cc2c(cc1CNC(=O)[C@@H](C)NS(=O)(=O)c1ccc(C)cc1)O[C@H](C)C2. The lowest BCUT2D eigenvalue weighted by Crippen LogP contribution is -2.44. The van der Waals surface area contributed by atoms with E-state index in [9.17, 15) is 13.2 Å². The maximum absolute atomic E-state index is 12.5. The van der Waals surface area contributed by atoms with Gasteiger partial charge in [-0.2, -0.15) is 4.72 Å². The fourth-order valence-corrected chi connectivity index (χ4v) is 4.52. The molecule has 0 aromatic heterocycles. The number of benzene rings is 2. The Morgan fingerprint density at radius 2 is 1.97 bits per heavy atom. The van der Waals surface area contributed by atoms with E-state index >= 15 is 0 Å². The van der Waals surface area contributed by atoms with Gasteiger partial charge in [0.15, 0.2) is 0 Å². The number of rotatable bonds is 8. The van der Waals surface area contributed by atoms with Gasteiger partial charge in [-0.25, -0.2) is 8.42 Å². The predicted octanol–water partition coefficient (Wildman–Crippen LogP) is 2.70. The van der Waals surface area contributed by atoms with Crippen LogP contribution in [0.2, 0.25) is 0 Å². The molecule has 2 atom stereocenters. The molecular weight excluding hydrogens is 404 g/mol. The lowest BCUT2D eigenvalue weighted by molar-refractivity contribution is -0.122. The Morgan fingerprint density at radius 3 is 2.63 bits per heavy atom. The molecule has 0 radical (unpaired) electrons. The predicted molar refractivity (Wildman–Crippen MR) is 114 cm³/mol. The first-order valence-corrected chi connectivity index (χ1v) is 11.5. The van der Waals surface area contributed by atoms with Crippen molar-refractivity contribution in [3.63, 3.8) is 0 Å². The van der Waals surface area contributed by atoms with Gasteiger partial charge in [-0.1, -0.05) is 17.7 Å². The van der Waals surface area contributed by atoms with Gasteiger partial charge in [0.25, 0.3) is 0 Å². The van der Waals surface area contributed by atoms with E-state index in [1.165, 1.54) is 19.1 Å². The maximum Gasteiger partial charge on any atom is 0.241 e. The molecule has 2 N–H and O–H groups in total. The number of carbonyl (C=O) groups is 1. The third-order valence-electron chi connectivity index (χ3n) is 4.89. The van der Waals surface area contributed by atoms with Crippen LogP contribution in [0, 0.1) is 6.92 Å². The molecule has 0 fully saturated rings. The number of amides is 1. The van der Waals surface area contributed by atoms with Gasteiger partial charge >= 0.3 is 0 Å². The van der Waals surface area contributed by atoms with Crippen LogP contribution in [-0.4, -0.2) is 33.1 Å². The van der Waals surface area contributed by atoms with Crippen LogP contribution in [0.1, 0.15) is 37.5 Å². The standard InChI is InChI=1S/C22H28N2O5S/c1-5-28-20-11-17-10-15(3)29-21(17)12-18(20)13-23-22(25)16(4)24-30(26,27)19-8-6-14(2)7-9-19/h6-9,11-12,15-16,24H,5,10,13H2,1-4H3,(H,23,25)/t15-,16-/m1/s1. The van der Waals surface area contributed by atoms with E-state index < -0.39 is 22.0 Å². The number of sulfonamides is 1. The van der Waals surface area contributed by atoms with Crippen molar-refractivity contribution in [2.24, 2.45) is 0 Å². The molecule has 1 amide bonds. The summed E-state index contributed by atoms with van der Waals surface area (Å²) in [6.45, 7) is 8.00. The highest BCUT2D eigenvalue weighted by atomic mass is 32.2. The van der Waals surface area contributed by atoms with E-state index in [-0.39, 0.29) is 17.5 Å². The highest BCUT2D eigenvalue weighted by Crippen LogP contribution is 2.35. The van der Waals surface area contributed by atoms with Crippen LogP contribution >= 0.6 is 0 Å². The molecule has 0 saturated heterocycles.